The van der Waals surface area contributed by atoms with Gasteiger partial charge in [-0.2, -0.15) is 0 Å². The van der Waals surface area contributed by atoms with Crippen LogP contribution in [0.1, 0.15) is 28.1 Å². The van der Waals surface area contributed by atoms with Gasteiger partial charge in [-0.05, 0) is 60.0 Å². The van der Waals surface area contributed by atoms with Gasteiger partial charge in [0, 0.05) is 26.2 Å². The average Bonchev–Trinajstić information content (AvgIpc) is 2.92. The smallest absolute Gasteiger partial charge is 0.289 e. The lowest BCUT2D eigenvalue weighted by molar-refractivity contribution is -0.133. The molecule has 3 rings (SSSR count). The molecule has 2 heterocycles. The summed E-state index contributed by atoms with van der Waals surface area (Å²) in [6, 6.07) is 9.24. The summed E-state index contributed by atoms with van der Waals surface area (Å²) in [4.78, 5) is 28.5. The number of carbonyl (C=O) groups excluding carboxylic acids is 2. The molecule has 0 bridgehead atoms. The number of carbonyl (C=O) groups is 2. The largest absolute Gasteiger partial charge is 0.484 e. The molecule has 2 aromatic rings. The maximum atomic E-state index is 12.5. The molecule has 1 aliphatic heterocycles. The SMILES string of the molecule is Cc1ccc(OCC(=O)N2CCCN(C(=O)c3ccc(Br)o3)CC2)c(C)c1. The van der Waals surface area contributed by atoms with E-state index in [0.717, 1.165) is 23.3 Å². The number of hydrogen-bond donors (Lipinski definition) is 0. The Bertz CT molecular complexity index is 833. The van der Waals surface area contributed by atoms with Crippen LogP contribution in [0.25, 0.3) is 0 Å². The molecule has 6 nitrogen and oxygen atoms in total. The Morgan fingerprint density at radius 1 is 1.07 bits per heavy atom. The first kappa shape index (κ1) is 19.5. The highest BCUT2D eigenvalue weighted by atomic mass is 79.9. The van der Waals surface area contributed by atoms with Gasteiger partial charge < -0.3 is 19.0 Å². The fourth-order valence-corrected chi connectivity index (χ4v) is 3.45. The number of ether oxygens (including phenoxy) is 1. The molecule has 1 saturated heterocycles. The summed E-state index contributed by atoms with van der Waals surface area (Å²) in [5.41, 5.74) is 2.17. The minimum atomic E-state index is -0.151. The topological polar surface area (TPSA) is 63.0 Å². The number of amides is 2. The van der Waals surface area contributed by atoms with Gasteiger partial charge in [-0.25, -0.2) is 0 Å². The van der Waals surface area contributed by atoms with E-state index in [1.807, 2.05) is 32.0 Å². The molecule has 0 unspecified atom stereocenters. The number of halogens is 1. The van der Waals surface area contributed by atoms with E-state index in [2.05, 4.69) is 15.9 Å². The van der Waals surface area contributed by atoms with Crippen molar-refractivity contribution in [3.8, 4) is 5.75 Å². The third-order valence-electron chi connectivity index (χ3n) is 4.60. The van der Waals surface area contributed by atoms with Crippen molar-refractivity contribution in [2.75, 3.05) is 32.8 Å². The number of furan rings is 1. The molecule has 0 saturated carbocycles. The van der Waals surface area contributed by atoms with Crippen LogP contribution in [0.3, 0.4) is 0 Å². The number of aryl methyl sites for hydroxylation is 2. The molecule has 0 N–H and O–H groups in total. The quantitative estimate of drug-likeness (QED) is 0.739. The number of hydrogen-bond acceptors (Lipinski definition) is 4. The van der Waals surface area contributed by atoms with Gasteiger partial charge in [0.05, 0.1) is 0 Å². The molecule has 2 amide bonds. The summed E-state index contributed by atoms with van der Waals surface area (Å²) in [6.45, 7) is 6.17. The standard InChI is InChI=1S/C20H23BrN2O4/c1-14-4-5-16(15(2)12-14)26-13-19(24)22-8-3-9-23(11-10-22)20(25)17-6-7-18(21)27-17/h4-7,12H,3,8-11,13H2,1-2H3. The third kappa shape index (κ3) is 4.91. The van der Waals surface area contributed by atoms with Crippen LogP contribution in [0.5, 0.6) is 5.75 Å². The molecule has 0 aliphatic carbocycles. The Balaban J connectivity index is 1.54. The monoisotopic (exact) mass is 434 g/mol. The van der Waals surface area contributed by atoms with Crippen molar-refractivity contribution in [3.63, 3.8) is 0 Å². The Morgan fingerprint density at radius 3 is 2.52 bits per heavy atom. The normalized spacial score (nSPS) is 14.8. The van der Waals surface area contributed by atoms with Crippen LogP contribution >= 0.6 is 15.9 Å². The molecule has 1 fully saturated rings. The van der Waals surface area contributed by atoms with Gasteiger partial charge in [-0.3, -0.25) is 9.59 Å². The molecule has 7 heteroatoms. The van der Waals surface area contributed by atoms with Gasteiger partial charge in [-0.15, -0.1) is 0 Å². The third-order valence-corrected chi connectivity index (χ3v) is 5.03. The van der Waals surface area contributed by atoms with E-state index in [9.17, 15) is 9.59 Å². The first-order valence-corrected chi connectivity index (χ1v) is 9.76. The van der Waals surface area contributed by atoms with Gasteiger partial charge in [0.1, 0.15) is 5.75 Å². The predicted octanol–water partition coefficient (Wildman–Crippen LogP) is 3.41. The highest BCUT2D eigenvalue weighted by Crippen LogP contribution is 2.19. The van der Waals surface area contributed by atoms with Crippen LogP contribution in [-0.4, -0.2) is 54.4 Å². The van der Waals surface area contributed by atoms with E-state index in [1.165, 1.54) is 0 Å². The van der Waals surface area contributed by atoms with Crippen LogP contribution in [0.2, 0.25) is 0 Å². The number of benzene rings is 1. The summed E-state index contributed by atoms with van der Waals surface area (Å²) >= 11 is 3.21. The summed E-state index contributed by atoms with van der Waals surface area (Å²) in [7, 11) is 0. The molecule has 0 atom stereocenters. The van der Waals surface area contributed by atoms with Crippen molar-refractivity contribution in [2.24, 2.45) is 0 Å². The Morgan fingerprint density at radius 2 is 1.81 bits per heavy atom. The van der Waals surface area contributed by atoms with Crippen LogP contribution in [0.15, 0.2) is 39.4 Å². The van der Waals surface area contributed by atoms with Crippen molar-refractivity contribution >= 4 is 27.7 Å². The molecular formula is C20H23BrN2O4. The van der Waals surface area contributed by atoms with E-state index in [-0.39, 0.29) is 18.4 Å². The zero-order valence-electron chi connectivity index (χ0n) is 15.5. The van der Waals surface area contributed by atoms with E-state index in [4.69, 9.17) is 9.15 Å². The van der Waals surface area contributed by atoms with Crippen molar-refractivity contribution in [3.05, 3.63) is 51.9 Å². The van der Waals surface area contributed by atoms with Crippen LogP contribution in [-0.2, 0) is 4.79 Å². The van der Waals surface area contributed by atoms with Crippen molar-refractivity contribution in [1.29, 1.82) is 0 Å². The fraction of sp³-hybridized carbons (Fsp3) is 0.400. The van der Waals surface area contributed by atoms with Gasteiger partial charge in [0.15, 0.2) is 17.0 Å². The maximum absolute atomic E-state index is 12.5. The second-order valence-electron chi connectivity index (χ2n) is 6.69. The minimum Gasteiger partial charge on any atom is -0.484 e. The summed E-state index contributed by atoms with van der Waals surface area (Å²) in [6.07, 6.45) is 0.725. The second-order valence-corrected chi connectivity index (χ2v) is 7.47. The van der Waals surface area contributed by atoms with Crippen LogP contribution in [0.4, 0.5) is 0 Å². The minimum absolute atomic E-state index is 0.00295. The molecule has 144 valence electrons. The predicted molar refractivity (Wildman–Crippen MR) is 105 cm³/mol. The molecular weight excluding hydrogens is 412 g/mol. The number of nitrogens with zero attached hydrogens (tertiary/aromatic N) is 2. The zero-order chi connectivity index (χ0) is 19.4. The average molecular weight is 435 g/mol. The summed E-state index contributed by atoms with van der Waals surface area (Å²) in [5.74, 6) is 0.815. The lowest BCUT2D eigenvalue weighted by Crippen LogP contribution is -2.39. The van der Waals surface area contributed by atoms with E-state index in [1.54, 1.807) is 21.9 Å². The molecule has 0 spiro atoms. The molecule has 1 aliphatic rings. The van der Waals surface area contributed by atoms with Crippen LogP contribution in [0, 0.1) is 13.8 Å². The maximum Gasteiger partial charge on any atom is 0.289 e. The van der Waals surface area contributed by atoms with E-state index < -0.39 is 0 Å². The first-order valence-electron chi connectivity index (χ1n) is 8.96. The van der Waals surface area contributed by atoms with Gasteiger partial charge in [0.25, 0.3) is 11.8 Å². The molecule has 1 aromatic carbocycles. The summed E-state index contributed by atoms with van der Waals surface area (Å²) in [5, 5.41) is 0. The van der Waals surface area contributed by atoms with Crippen molar-refractivity contribution in [1.82, 2.24) is 9.80 Å². The molecule has 1 aromatic heterocycles. The van der Waals surface area contributed by atoms with Gasteiger partial charge in [-0.1, -0.05) is 17.7 Å². The first-order chi connectivity index (χ1) is 12.9. The van der Waals surface area contributed by atoms with Gasteiger partial charge >= 0.3 is 0 Å². The van der Waals surface area contributed by atoms with Crippen molar-refractivity contribution in [2.45, 2.75) is 20.3 Å². The van der Waals surface area contributed by atoms with Crippen LogP contribution < -0.4 is 4.74 Å². The highest BCUT2D eigenvalue weighted by molar-refractivity contribution is 9.10. The second kappa shape index (κ2) is 8.61. The van der Waals surface area contributed by atoms with E-state index in [0.29, 0.717) is 36.6 Å². The lowest BCUT2D eigenvalue weighted by Gasteiger charge is -2.22. The zero-order valence-corrected chi connectivity index (χ0v) is 17.1. The summed E-state index contributed by atoms with van der Waals surface area (Å²) < 4.78 is 11.6. The lowest BCUT2D eigenvalue weighted by atomic mass is 10.1. The van der Waals surface area contributed by atoms with Gasteiger partial charge in [0.2, 0.25) is 0 Å². The number of rotatable bonds is 4. The Hall–Kier alpha value is -2.28. The molecule has 27 heavy (non-hydrogen) atoms. The van der Waals surface area contributed by atoms with Crippen molar-refractivity contribution < 1.29 is 18.7 Å². The molecule has 0 radical (unpaired) electrons. The fourth-order valence-electron chi connectivity index (χ4n) is 3.15. The Kier molecular flexibility index (Phi) is 6.21. The Labute approximate surface area is 167 Å². The van der Waals surface area contributed by atoms with E-state index >= 15 is 0 Å². The highest BCUT2D eigenvalue weighted by Gasteiger charge is 2.24.